The molecule has 0 aromatic carbocycles. The number of hydrogen-bond acceptors (Lipinski definition) is 2. The van der Waals surface area contributed by atoms with Crippen LogP contribution in [0, 0.1) is 5.92 Å². The smallest absolute Gasteiger partial charge is 0.0352 e. The Labute approximate surface area is 63.9 Å². The molecule has 0 atom stereocenters. The van der Waals surface area contributed by atoms with Crippen molar-refractivity contribution in [2.75, 3.05) is 14.1 Å². The van der Waals surface area contributed by atoms with E-state index in [9.17, 15) is 0 Å². The van der Waals surface area contributed by atoms with Crippen molar-refractivity contribution in [1.29, 1.82) is 0 Å². The van der Waals surface area contributed by atoms with Gasteiger partial charge in [-0.3, -0.25) is 0 Å². The van der Waals surface area contributed by atoms with Crippen LogP contribution >= 0.6 is 0 Å². The van der Waals surface area contributed by atoms with Crippen LogP contribution in [0.2, 0.25) is 0 Å². The zero-order chi connectivity index (χ0) is 8.15. The van der Waals surface area contributed by atoms with E-state index in [4.69, 9.17) is 0 Å². The molecule has 0 rings (SSSR count). The van der Waals surface area contributed by atoms with Crippen LogP contribution in [0.3, 0.4) is 0 Å². The molecule has 0 aliphatic heterocycles. The first-order valence-electron chi connectivity index (χ1n) is 3.73. The Balaban J connectivity index is 3.71. The molecule has 2 nitrogen and oxygen atoms in total. The van der Waals surface area contributed by atoms with Crippen LogP contribution in [0.4, 0.5) is 0 Å². The molecule has 0 saturated heterocycles. The molecule has 0 aromatic rings. The molecule has 0 fully saturated rings. The molecule has 0 N–H and O–H groups in total. The van der Waals surface area contributed by atoms with Crippen LogP contribution in [0.25, 0.3) is 0 Å². The first-order chi connectivity index (χ1) is 4.52. The lowest BCUT2D eigenvalue weighted by atomic mass is 10.1. The van der Waals surface area contributed by atoms with Crippen molar-refractivity contribution in [1.82, 2.24) is 5.01 Å². The van der Waals surface area contributed by atoms with Crippen LogP contribution < -0.4 is 0 Å². The summed E-state index contributed by atoms with van der Waals surface area (Å²) in [6, 6.07) is 0. The average Bonchev–Trinajstić information content (AvgIpc) is 1.58. The van der Waals surface area contributed by atoms with E-state index in [1.54, 1.807) is 0 Å². The van der Waals surface area contributed by atoms with Crippen molar-refractivity contribution in [2.45, 2.75) is 27.2 Å². The van der Waals surface area contributed by atoms with E-state index in [0.717, 1.165) is 6.42 Å². The van der Waals surface area contributed by atoms with Crippen molar-refractivity contribution < 1.29 is 0 Å². The third-order valence-corrected chi connectivity index (χ3v) is 1.07. The number of hydrazone groups is 1. The SMILES string of the molecule is C/C(CC(C)C)=N/N(C)C. The van der Waals surface area contributed by atoms with Gasteiger partial charge in [-0.2, -0.15) is 5.10 Å². The molecule has 2 heteroatoms. The summed E-state index contributed by atoms with van der Waals surface area (Å²) < 4.78 is 0. The minimum atomic E-state index is 0.712. The van der Waals surface area contributed by atoms with Gasteiger partial charge in [0.05, 0.1) is 0 Å². The molecule has 0 aliphatic carbocycles. The second-order valence-corrected chi connectivity index (χ2v) is 3.28. The van der Waals surface area contributed by atoms with E-state index in [2.05, 4.69) is 25.9 Å². The third-order valence-electron chi connectivity index (χ3n) is 1.07. The van der Waals surface area contributed by atoms with Gasteiger partial charge in [0, 0.05) is 19.8 Å². The summed E-state index contributed by atoms with van der Waals surface area (Å²) in [6.45, 7) is 6.48. The molecule has 0 heterocycles. The predicted octanol–water partition coefficient (Wildman–Crippen LogP) is 1.97. The van der Waals surface area contributed by atoms with Gasteiger partial charge in [0.25, 0.3) is 0 Å². The monoisotopic (exact) mass is 142 g/mol. The summed E-state index contributed by atoms with van der Waals surface area (Å²) in [5.74, 6) is 0.712. The minimum Gasteiger partial charge on any atom is -0.303 e. The van der Waals surface area contributed by atoms with Crippen molar-refractivity contribution in [2.24, 2.45) is 11.0 Å². The van der Waals surface area contributed by atoms with Crippen LogP contribution in [0.5, 0.6) is 0 Å². The molecule has 0 aliphatic rings. The maximum Gasteiger partial charge on any atom is 0.0352 e. The van der Waals surface area contributed by atoms with Crippen molar-refractivity contribution in [3.05, 3.63) is 0 Å². The van der Waals surface area contributed by atoms with E-state index in [1.165, 1.54) is 5.71 Å². The molecule has 0 bridgehead atoms. The molecule has 0 saturated carbocycles. The summed E-state index contributed by atoms with van der Waals surface area (Å²) in [5, 5.41) is 6.11. The summed E-state index contributed by atoms with van der Waals surface area (Å²) in [4.78, 5) is 0. The van der Waals surface area contributed by atoms with Gasteiger partial charge in [-0.15, -0.1) is 0 Å². The van der Waals surface area contributed by atoms with Gasteiger partial charge in [-0.1, -0.05) is 13.8 Å². The second kappa shape index (κ2) is 4.31. The first kappa shape index (κ1) is 9.47. The molecular formula is C8H18N2. The van der Waals surface area contributed by atoms with Gasteiger partial charge in [0.1, 0.15) is 0 Å². The maximum absolute atomic E-state index is 4.27. The van der Waals surface area contributed by atoms with E-state index in [-0.39, 0.29) is 0 Å². The normalized spacial score (nSPS) is 12.4. The molecule has 0 amide bonds. The first-order valence-corrected chi connectivity index (χ1v) is 3.73. The third kappa shape index (κ3) is 5.60. The van der Waals surface area contributed by atoms with E-state index < -0.39 is 0 Å². The molecule has 0 unspecified atom stereocenters. The van der Waals surface area contributed by atoms with Gasteiger partial charge >= 0.3 is 0 Å². The quantitative estimate of drug-likeness (QED) is 0.434. The number of hydrogen-bond donors (Lipinski definition) is 0. The van der Waals surface area contributed by atoms with Gasteiger partial charge in [-0.25, -0.2) is 0 Å². The summed E-state index contributed by atoms with van der Waals surface area (Å²) in [6.07, 6.45) is 1.10. The molecule has 0 aromatic heterocycles. The molecule has 10 heavy (non-hydrogen) atoms. The van der Waals surface area contributed by atoms with E-state index in [0.29, 0.717) is 5.92 Å². The highest BCUT2D eigenvalue weighted by Crippen LogP contribution is 2.01. The zero-order valence-corrected chi connectivity index (χ0v) is 7.68. The standard InChI is InChI=1S/C8H18N2/c1-7(2)6-8(3)9-10(4)5/h7H,6H2,1-5H3/b9-8-. The fourth-order valence-electron chi connectivity index (χ4n) is 0.973. The van der Waals surface area contributed by atoms with Crippen molar-refractivity contribution in [3.8, 4) is 0 Å². The molecule has 0 spiro atoms. The fraction of sp³-hybridized carbons (Fsp3) is 0.875. The Morgan fingerprint density at radius 3 is 2.20 bits per heavy atom. The number of nitrogens with zero attached hydrogens (tertiary/aromatic N) is 2. The van der Waals surface area contributed by atoms with Gasteiger partial charge in [0.2, 0.25) is 0 Å². The molecule has 60 valence electrons. The lowest BCUT2D eigenvalue weighted by Gasteiger charge is -2.08. The van der Waals surface area contributed by atoms with E-state index in [1.807, 2.05) is 19.1 Å². The Bertz CT molecular complexity index is 114. The number of rotatable bonds is 3. The van der Waals surface area contributed by atoms with Crippen LogP contribution in [0.1, 0.15) is 27.2 Å². The summed E-state index contributed by atoms with van der Waals surface area (Å²) >= 11 is 0. The fourth-order valence-corrected chi connectivity index (χ4v) is 0.973. The lowest BCUT2D eigenvalue weighted by molar-refractivity contribution is 0.434. The highest BCUT2D eigenvalue weighted by atomic mass is 15.4. The van der Waals surface area contributed by atoms with Crippen LogP contribution in [-0.2, 0) is 0 Å². The average molecular weight is 142 g/mol. The lowest BCUT2D eigenvalue weighted by Crippen LogP contribution is -2.08. The van der Waals surface area contributed by atoms with Gasteiger partial charge in [0.15, 0.2) is 0 Å². The Morgan fingerprint density at radius 1 is 1.40 bits per heavy atom. The Morgan fingerprint density at radius 2 is 1.90 bits per heavy atom. The summed E-state index contributed by atoms with van der Waals surface area (Å²) in [5.41, 5.74) is 1.21. The maximum atomic E-state index is 4.27. The van der Waals surface area contributed by atoms with Crippen molar-refractivity contribution in [3.63, 3.8) is 0 Å². The Kier molecular flexibility index (Phi) is 4.08. The summed E-state index contributed by atoms with van der Waals surface area (Å²) in [7, 11) is 3.90. The topological polar surface area (TPSA) is 15.6 Å². The van der Waals surface area contributed by atoms with Crippen molar-refractivity contribution >= 4 is 5.71 Å². The predicted molar refractivity (Wildman–Crippen MR) is 46.3 cm³/mol. The molecular weight excluding hydrogens is 124 g/mol. The highest BCUT2D eigenvalue weighted by molar-refractivity contribution is 5.81. The molecule has 0 radical (unpaired) electrons. The second-order valence-electron chi connectivity index (χ2n) is 3.28. The van der Waals surface area contributed by atoms with Crippen LogP contribution in [-0.4, -0.2) is 24.8 Å². The minimum absolute atomic E-state index is 0.712. The van der Waals surface area contributed by atoms with E-state index >= 15 is 0 Å². The van der Waals surface area contributed by atoms with Gasteiger partial charge in [-0.05, 0) is 19.3 Å². The zero-order valence-electron chi connectivity index (χ0n) is 7.68. The largest absolute Gasteiger partial charge is 0.303 e. The van der Waals surface area contributed by atoms with Gasteiger partial charge < -0.3 is 5.01 Å². The van der Waals surface area contributed by atoms with Crippen LogP contribution in [0.15, 0.2) is 5.10 Å². The Hall–Kier alpha value is -0.530. The highest BCUT2D eigenvalue weighted by Gasteiger charge is 1.96.